The Morgan fingerprint density at radius 1 is 1.03 bits per heavy atom. The highest BCUT2D eigenvalue weighted by atomic mass is 16.2. The van der Waals surface area contributed by atoms with Crippen molar-refractivity contribution in [3.05, 3.63) is 77.1 Å². The van der Waals surface area contributed by atoms with Gasteiger partial charge in [0, 0.05) is 41.1 Å². The van der Waals surface area contributed by atoms with Crippen LogP contribution in [0.15, 0.2) is 54.6 Å². The third-order valence-electron chi connectivity index (χ3n) is 5.25. The van der Waals surface area contributed by atoms with Crippen LogP contribution in [0.2, 0.25) is 0 Å². The number of carbonyl (C=O) groups excluding carboxylic acids is 1. The maximum atomic E-state index is 12.6. The molecule has 0 bridgehead atoms. The Bertz CT molecular complexity index is 1210. The number of fused-ring (bicyclic) bond motifs is 2. The minimum absolute atomic E-state index is 0.0826. The molecule has 0 aliphatic carbocycles. The van der Waals surface area contributed by atoms with Crippen LogP contribution in [0.3, 0.4) is 0 Å². The standard InChI is InChI=1S/C23H21N5O/c1-14-8-17(9-15(2)24-14)22-19-10-18-13-28(12-16-6-4-3-5-7-16)23(29)25-20(18)11-21(19)26-27-22/h3-11H,12-13H2,1-2H3,(H,25,29)(H,26,27). The van der Waals surface area contributed by atoms with Crippen LogP contribution >= 0.6 is 0 Å². The van der Waals surface area contributed by atoms with E-state index in [1.54, 1.807) is 0 Å². The van der Waals surface area contributed by atoms with Gasteiger partial charge >= 0.3 is 6.03 Å². The van der Waals surface area contributed by atoms with Crippen molar-refractivity contribution in [2.75, 3.05) is 5.32 Å². The fraction of sp³-hybridized carbons (Fsp3) is 0.174. The predicted octanol–water partition coefficient (Wildman–Crippen LogP) is 4.79. The van der Waals surface area contributed by atoms with Gasteiger partial charge in [-0.15, -0.1) is 0 Å². The van der Waals surface area contributed by atoms with Crippen molar-refractivity contribution in [1.82, 2.24) is 20.1 Å². The van der Waals surface area contributed by atoms with Gasteiger partial charge in [0.1, 0.15) is 5.69 Å². The quantitative estimate of drug-likeness (QED) is 0.534. The van der Waals surface area contributed by atoms with E-state index < -0.39 is 0 Å². The molecule has 1 aliphatic heterocycles. The molecule has 2 amide bonds. The number of carbonyl (C=O) groups is 1. The van der Waals surface area contributed by atoms with E-state index in [4.69, 9.17) is 0 Å². The van der Waals surface area contributed by atoms with Crippen molar-refractivity contribution in [2.45, 2.75) is 26.9 Å². The monoisotopic (exact) mass is 383 g/mol. The first-order chi connectivity index (χ1) is 14.1. The van der Waals surface area contributed by atoms with Gasteiger partial charge in [-0.05, 0) is 49.2 Å². The maximum absolute atomic E-state index is 12.6. The Hall–Kier alpha value is -3.67. The largest absolute Gasteiger partial charge is 0.322 e. The number of H-pyrrole nitrogens is 1. The Labute approximate surface area is 168 Å². The molecular formula is C23H21N5O. The summed E-state index contributed by atoms with van der Waals surface area (Å²) >= 11 is 0. The molecule has 0 fully saturated rings. The number of rotatable bonds is 3. The van der Waals surface area contributed by atoms with Gasteiger partial charge in [-0.2, -0.15) is 5.10 Å². The third kappa shape index (κ3) is 3.23. The van der Waals surface area contributed by atoms with Crippen LogP contribution in [-0.2, 0) is 13.1 Å². The summed E-state index contributed by atoms with van der Waals surface area (Å²) in [6.07, 6.45) is 0. The van der Waals surface area contributed by atoms with Gasteiger partial charge in [0.05, 0.1) is 5.52 Å². The second-order valence-electron chi connectivity index (χ2n) is 7.54. The number of nitrogens with zero attached hydrogens (tertiary/aromatic N) is 3. The summed E-state index contributed by atoms with van der Waals surface area (Å²) in [5, 5.41) is 11.7. The van der Waals surface area contributed by atoms with E-state index in [1.807, 2.05) is 67.3 Å². The van der Waals surface area contributed by atoms with E-state index in [1.165, 1.54) is 0 Å². The fourth-order valence-corrected chi connectivity index (χ4v) is 3.95. The average Bonchev–Trinajstić information content (AvgIpc) is 3.10. The zero-order chi connectivity index (χ0) is 20.0. The zero-order valence-corrected chi connectivity index (χ0v) is 16.4. The first-order valence-electron chi connectivity index (χ1n) is 9.63. The SMILES string of the molecule is Cc1cc(-c2n[nH]c3cc4c(cc23)CN(Cc2ccccc2)C(=O)N4)cc(C)n1. The van der Waals surface area contributed by atoms with Gasteiger partial charge < -0.3 is 10.2 Å². The first kappa shape index (κ1) is 17.4. The summed E-state index contributed by atoms with van der Waals surface area (Å²) in [6.45, 7) is 5.12. The molecule has 3 heterocycles. The second kappa shape index (κ2) is 6.74. The van der Waals surface area contributed by atoms with Gasteiger partial charge in [-0.1, -0.05) is 30.3 Å². The van der Waals surface area contributed by atoms with Gasteiger partial charge in [0.25, 0.3) is 0 Å². The van der Waals surface area contributed by atoms with Gasteiger partial charge in [0.2, 0.25) is 0 Å². The van der Waals surface area contributed by atoms with Gasteiger partial charge in [-0.3, -0.25) is 10.1 Å². The third-order valence-corrected chi connectivity index (χ3v) is 5.25. The van der Waals surface area contributed by atoms with Crippen LogP contribution < -0.4 is 5.32 Å². The van der Waals surface area contributed by atoms with E-state index in [9.17, 15) is 4.79 Å². The van der Waals surface area contributed by atoms with Crippen molar-refractivity contribution < 1.29 is 4.79 Å². The molecule has 1 aliphatic rings. The number of nitrogens with one attached hydrogen (secondary N) is 2. The topological polar surface area (TPSA) is 73.9 Å². The molecule has 0 atom stereocenters. The van der Waals surface area contributed by atoms with E-state index in [2.05, 4.69) is 26.6 Å². The lowest BCUT2D eigenvalue weighted by atomic mass is 10.0. The molecule has 6 nitrogen and oxygen atoms in total. The summed E-state index contributed by atoms with van der Waals surface area (Å²) in [4.78, 5) is 18.9. The Kier molecular flexibility index (Phi) is 4.05. The van der Waals surface area contributed by atoms with Crippen molar-refractivity contribution in [1.29, 1.82) is 0 Å². The Morgan fingerprint density at radius 2 is 1.79 bits per heavy atom. The molecule has 144 valence electrons. The molecule has 5 rings (SSSR count). The Morgan fingerprint density at radius 3 is 2.55 bits per heavy atom. The van der Waals surface area contributed by atoms with Crippen LogP contribution in [0.4, 0.5) is 10.5 Å². The van der Waals surface area contributed by atoms with E-state index in [0.717, 1.165) is 50.4 Å². The zero-order valence-electron chi connectivity index (χ0n) is 16.4. The molecule has 2 aromatic carbocycles. The molecular weight excluding hydrogens is 362 g/mol. The highest BCUT2D eigenvalue weighted by Gasteiger charge is 2.24. The normalized spacial score (nSPS) is 13.4. The molecule has 2 aromatic heterocycles. The van der Waals surface area contributed by atoms with Crippen molar-refractivity contribution >= 4 is 22.6 Å². The molecule has 4 aromatic rings. The minimum atomic E-state index is -0.0826. The highest BCUT2D eigenvalue weighted by Crippen LogP contribution is 2.33. The molecule has 0 saturated carbocycles. The van der Waals surface area contributed by atoms with Crippen molar-refractivity contribution in [3.63, 3.8) is 0 Å². The van der Waals surface area contributed by atoms with Crippen molar-refractivity contribution in [3.8, 4) is 11.3 Å². The number of anilines is 1. The van der Waals surface area contributed by atoms with E-state index in [0.29, 0.717) is 13.1 Å². The number of hydrogen-bond donors (Lipinski definition) is 2. The molecule has 6 heteroatoms. The number of urea groups is 1. The average molecular weight is 383 g/mol. The van der Waals surface area contributed by atoms with E-state index >= 15 is 0 Å². The molecule has 0 spiro atoms. The molecule has 0 saturated heterocycles. The summed E-state index contributed by atoms with van der Waals surface area (Å²) < 4.78 is 0. The number of aromatic amines is 1. The smallest absolute Gasteiger partial charge is 0.316 e. The maximum Gasteiger partial charge on any atom is 0.322 e. The number of hydrogen-bond acceptors (Lipinski definition) is 3. The number of benzene rings is 2. The number of pyridine rings is 1. The summed E-state index contributed by atoms with van der Waals surface area (Å²) in [6, 6.07) is 18.2. The lowest BCUT2D eigenvalue weighted by Crippen LogP contribution is -2.38. The lowest BCUT2D eigenvalue weighted by molar-refractivity contribution is 0.204. The van der Waals surface area contributed by atoms with Gasteiger partial charge in [-0.25, -0.2) is 4.79 Å². The number of aryl methyl sites for hydroxylation is 2. The second-order valence-corrected chi connectivity index (χ2v) is 7.54. The van der Waals surface area contributed by atoms with Gasteiger partial charge in [0.15, 0.2) is 0 Å². The molecule has 2 N–H and O–H groups in total. The van der Waals surface area contributed by atoms with Crippen LogP contribution in [0.25, 0.3) is 22.2 Å². The van der Waals surface area contributed by atoms with Crippen LogP contribution in [0.5, 0.6) is 0 Å². The number of aromatic nitrogens is 3. The van der Waals surface area contributed by atoms with E-state index in [-0.39, 0.29) is 6.03 Å². The summed E-state index contributed by atoms with van der Waals surface area (Å²) in [5.74, 6) is 0. The lowest BCUT2D eigenvalue weighted by Gasteiger charge is -2.29. The van der Waals surface area contributed by atoms with Crippen LogP contribution in [0, 0.1) is 13.8 Å². The van der Waals surface area contributed by atoms with Crippen molar-refractivity contribution in [2.24, 2.45) is 0 Å². The minimum Gasteiger partial charge on any atom is -0.316 e. The fourth-order valence-electron chi connectivity index (χ4n) is 3.95. The number of amides is 2. The summed E-state index contributed by atoms with van der Waals surface area (Å²) in [7, 11) is 0. The molecule has 29 heavy (non-hydrogen) atoms. The summed E-state index contributed by atoms with van der Waals surface area (Å²) in [5.41, 5.74) is 7.82. The predicted molar refractivity (Wildman–Crippen MR) is 114 cm³/mol. The first-order valence-corrected chi connectivity index (χ1v) is 9.63. The molecule has 0 unspecified atom stereocenters. The van der Waals surface area contributed by atoms with Crippen LogP contribution in [-0.4, -0.2) is 26.1 Å². The molecule has 0 radical (unpaired) electrons. The Balaban J connectivity index is 1.53. The van der Waals surface area contributed by atoms with Crippen LogP contribution in [0.1, 0.15) is 22.5 Å². The highest BCUT2D eigenvalue weighted by molar-refractivity contribution is 6.00.